The SMILES string of the molecule is Cc1ccc(N[C@H](c2ccc(Cl)cc2)c2nnc(-c3cccc(F)c3)o2)cc1Cl. The van der Waals surface area contributed by atoms with Crippen LogP contribution in [0.15, 0.2) is 71.1 Å². The zero-order chi connectivity index (χ0) is 20.4. The number of halogens is 3. The van der Waals surface area contributed by atoms with E-state index in [0.29, 0.717) is 21.5 Å². The first-order chi connectivity index (χ1) is 14.0. The van der Waals surface area contributed by atoms with Gasteiger partial charge in [0.1, 0.15) is 11.9 Å². The van der Waals surface area contributed by atoms with Crippen molar-refractivity contribution in [2.24, 2.45) is 0 Å². The van der Waals surface area contributed by atoms with Gasteiger partial charge in [-0.2, -0.15) is 0 Å². The number of rotatable bonds is 5. The van der Waals surface area contributed by atoms with Gasteiger partial charge in [0.2, 0.25) is 11.8 Å². The summed E-state index contributed by atoms with van der Waals surface area (Å²) in [5, 5.41) is 12.9. The Morgan fingerprint density at radius 2 is 1.76 bits per heavy atom. The predicted molar refractivity (Wildman–Crippen MR) is 113 cm³/mol. The lowest BCUT2D eigenvalue weighted by Gasteiger charge is -2.17. The quantitative estimate of drug-likeness (QED) is 0.385. The molecule has 0 bridgehead atoms. The molecule has 0 fully saturated rings. The summed E-state index contributed by atoms with van der Waals surface area (Å²) in [6, 6.07) is 18.6. The average molecular weight is 428 g/mol. The number of benzene rings is 3. The molecule has 0 unspecified atom stereocenters. The van der Waals surface area contributed by atoms with Gasteiger partial charge in [-0.1, -0.05) is 47.5 Å². The molecule has 0 spiro atoms. The maximum atomic E-state index is 13.6. The van der Waals surface area contributed by atoms with Gasteiger partial charge in [-0.3, -0.25) is 0 Å². The number of nitrogens with zero attached hydrogens (tertiary/aromatic N) is 2. The molecule has 0 aliphatic carbocycles. The maximum absolute atomic E-state index is 13.6. The van der Waals surface area contributed by atoms with Crippen LogP contribution in [0.3, 0.4) is 0 Å². The molecule has 3 aromatic carbocycles. The van der Waals surface area contributed by atoms with Crippen LogP contribution < -0.4 is 5.32 Å². The summed E-state index contributed by atoms with van der Waals surface area (Å²) in [6.07, 6.45) is 0. The van der Waals surface area contributed by atoms with Gasteiger partial charge in [0.25, 0.3) is 0 Å². The summed E-state index contributed by atoms with van der Waals surface area (Å²) >= 11 is 12.3. The van der Waals surface area contributed by atoms with Crippen LogP contribution in [0.5, 0.6) is 0 Å². The summed E-state index contributed by atoms with van der Waals surface area (Å²) in [5.74, 6) is 0.203. The molecule has 29 heavy (non-hydrogen) atoms. The predicted octanol–water partition coefficient (Wildman–Crippen LogP) is 6.69. The Kier molecular flexibility index (Phi) is 5.51. The van der Waals surface area contributed by atoms with Crippen LogP contribution in [0.1, 0.15) is 23.1 Å². The van der Waals surface area contributed by atoms with E-state index in [4.69, 9.17) is 27.6 Å². The highest BCUT2D eigenvalue weighted by Crippen LogP contribution is 2.30. The van der Waals surface area contributed by atoms with Gasteiger partial charge >= 0.3 is 0 Å². The molecule has 0 aliphatic heterocycles. The molecule has 0 aliphatic rings. The van der Waals surface area contributed by atoms with Crippen molar-refractivity contribution in [3.05, 3.63) is 99.6 Å². The summed E-state index contributed by atoms with van der Waals surface area (Å²) in [4.78, 5) is 0. The lowest BCUT2D eigenvalue weighted by molar-refractivity contribution is 0.493. The molecule has 1 N–H and O–H groups in total. The van der Waals surface area contributed by atoms with Gasteiger partial charge in [-0.15, -0.1) is 10.2 Å². The highest BCUT2D eigenvalue weighted by atomic mass is 35.5. The molecule has 1 aromatic heterocycles. The summed E-state index contributed by atoms with van der Waals surface area (Å²) in [7, 11) is 0. The molecule has 1 heterocycles. The van der Waals surface area contributed by atoms with Crippen molar-refractivity contribution in [2.45, 2.75) is 13.0 Å². The first-order valence-corrected chi connectivity index (χ1v) is 9.63. The first kappa shape index (κ1) is 19.4. The Hall–Kier alpha value is -2.89. The Balaban J connectivity index is 1.72. The van der Waals surface area contributed by atoms with Gasteiger partial charge in [0.05, 0.1) is 0 Å². The molecule has 0 radical (unpaired) electrons. The number of hydrogen-bond acceptors (Lipinski definition) is 4. The van der Waals surface area contributed by atoms with Crippen molar-refractivity contribution in [1.29, 1.82) is 0 Å². The minimum absolute atomic E-state index is 0.238. The third-order valence-corrected chi connectivity index (χ3v) is 5.10. The third kappa shape index (κ3) is 4.42. The monoisotopic (exact) mass is 427 g/mol. The van der Waals surface area contributed by atoms with Crippen LogP contribution in [0.2, 0.25) is 10.0 Å². The number of hydrogen-bond donors (Lipinski definition) is 1. The van der Waals surface area contributed by atoms with E-state index < -0.39 is 6.04 Å². The van der Waals surface area contributed by atoms with E-state index in [9.17, 15) is 4.39 Å². The molecular formula is C22H16Cl2FN3O. The van der Waals surface area contributed by atoms with Gasteiger partial charge in [0, 0.05) is 21.3 Å². The fraction of sp³-hybridized carbons (Fsp3) is 0.0909. The minimum atomic E-state index is -0.444. The molecule has 0 amide bonds. The van der Waals surface area contributed by atoms with Crippen molar-refractivity contribution in [3.63, 3.8) is 0 Å². The lowest BCUT2D eigenvalue weighted by Crippen LogP contribution is -2.13. The Bertz CT molecular complexity index is 1150. The molecule has 0 saturated heterocycles. The van der Waals surface area contributed by atoms with Gasteiger partial charge < -0.3 is 9.73 Å². The number of aryl methyl sites for hydroxylation is 1. The zero-order valence-electron chi connectivity index (χ0n) is 15.4. The largest absolute Gasteiger partial charge is 0.418 e. The van der Waals surface area contributed by atoms with E-state index >= 15 is 0 Å². The van der Waals surface area contributed by atoms with E-state index in [-0.39, 0.29) is 11.7 Å². The molecule has 4 rings (SSSR count). The standard InChI is InChI=1S/C22H16Cl2FN3O/c1-13-5-10-18(12-19(13)24)26-20(14-6-8-16(23)9-7-14)22-28-27-21(29-22)15-3-2-4-17(25)11-15/h2-12,20,26H,1H3/t20-/m1/s1. The Morgan fingerprint density at radius 3 is 2.48 bits per heavy atom. The number of aromatic nitrogens is 2. The van der Waals surface area contributed by atoms with Crippen LogP contribution in [0.4, 0.5) is 10.1 Å². The normalized spacial score (nSPS) is 12.0. The molecule has 4 nitrogen and oxygen atoms in total. The van der Waals surface area contributed by atoms with Crippen LogP contribution in [-0.2, 0) is 0 Å². The molecule has 0 saturated carbocycles. The fourth-order valence-electron chi connectivity index (χ4n) is 2.88. The van der Waals surface area contributed by atoms with Crippen LogP contribution >= 0.6 is 23.2 Å². The first-order valence-electron chi connectivity index (χ1n) is 8.87. The highest BCUT2D eigenvalue weighted by molar-refractivity contribution is 6.31. The highest BCUT2D eigenvalue weighted by Gasteiger charge is 2.22. The van der Waals surface area contributed by atoms with E-state index in [1.807, 2.05) is 37.3 Å². The van der Waals surface area contributed by atoms with Gasteiger partial charge in [-0.25, -0.2) is 4.39 Å². The van der Waals surface area contributed by atoms with E-state index in [0.717, 1.165) is 16.8 Å². The Morgan fingerprint density at radius 1 is 0.966 bits per heavy atom. The second-order valence-corrected chi connectivity index (χ2v) is 7.39. The minimum Gasteiger partial charge on any atom is -0.418 e. The summed E-state index contributed by atoms with van der Waals surface area (Å²) < 4.78 is 19.4. The van der Waals surface area contributed by atoms with Crippen LogP contribution in [0.25, 0.3) is 11.5 Å². The topological polar surface area (TPSA) is 51.0 Å². The molecular weight excluding hydrogens is 412 g/mol. The van der Waals surface area contributed by atoms with Crippen LogP contribution in [0, 0.1) is 12.7 Å². The lowest BCUT2D eigenvalue weighted by atomic mass is 10.1. The summed E-state index contributed by atoms with van der Waals surface area (Å²) in [6.45, 7) is 1.94. The fourth-order valence-corrected chi connectivity index (χ4v) is 3.19. The average Bonchev–Trinajstić information content (AvgIpc) is 3.20. The molecule has 146 valence electrons. The van der Waals surface area contributed by atoms with Gasteiger partial charge in [-0.05, 0) is 60.5 Å². The zero-order valence-corrected chi connectivity index (χ0v) is 16.9. The second kappa shape index (κ2) is 8.23. The van der Waals surface area contributed by atoms with Gasteiger partial charge in [0.15, 0.2) is 0 Å². The molecule has 7 heteroatoms. The van der Waals surface area contributed by atoms with E-state index in [1.165, 1.54) is 12.1 Å². The maximum Gasteiger partial charge on any atom is 0.247 e. The van der Waals surface area contributed by atoms with E-state index in [2.05, 4.69) is 15.5 Å². The Labute approximate surface area is 177 Å². The van der Waals surface area contributed by atoms with E-state index in [1.54, 1.807) is 24.3 Å². The molecule has 1 atom stereocenters. The number of anilines is 1. The molecule has 4 aromatic rings. The van der Waals surface area contributed by atoms with Crippen molar-refractivity contribution in [2.75, 3.05) is 5.32 Å². The number of nitrogens with one attached hydrogen (secondary N) is 1. The second-order valence-electron chi connectivity index (χ2n) is 6.55. The third-order valence-electron chi connectivity index (χ3n) is 4.45. The smallest absolute Gasteiger partial charge is 0.247 e. The summed E-state index contributed by atoms with van der Waals surface area (Å²) in [5.41, 5.74) is 3.16. The van der Waals surface area contributed by atoms with Crippen LogP contribution in [-0.4, -0.2) is 10.2 Å². The van der Waals surface area contributed by atoms with Crippen molar-refractivity contribution < 1.29 is 8.81 Å². The van der Waals surface area contributed by atoms with Crippen molar-refractivity contribution in [3.8, 4) is 11.5 Å². The van der Waals surface area contributed by atoms with Crippen molar-refractivity contribution >= 4 is 28.9 Å². The van der Waals surface area contributed by atoms with Crippen molar-refractivity contribution in [1.82, 2.24) is 10.2 Å².